The van der Waals surface area contributed by atoms with Crippen LogP contribution in [0.2, 0.25) is 0 Å². The van der Waals surface area contributed by atoms with E-state index in [-0.39, 0.29) is 17.9 Å². The normalized spacial score (nSPS) is 22.8. The third-order valence-electron chi connectivity index (χ3n) is 5.57. The van der Waals surface area contributed by atoms with E-state index in [1.807, 2.05) is 6.07 Å². The number of aromatic nitrogens is 2. The summed E-state index contributed by atoms with van der Waals surface area (Å²) < 4.78 is 11.4. The Hall–Kier alpha value is -1.73. The Morgan fingerprint density at radius 3 is 2.72 bits per heavy atom. The van der Waals surface area contributed by atoms with Crippen LogP contribution in [-0.2, 0) is 14.3 Å². The Balaban J connectivity index is 1.56. The summed E-state index contributed by atoms with van der Waals surface area (Å²) in [6, 6.07) is 1.84. The molecule has 3 heterocycles. The van der Waals surface area contributed by atoms with Crippen molar-refractivity contribution >= 4 is 11.9 Å². The van der Waals surface area contributed by atoms with E-state index in [9.17, 15) is 4.79 Å². The van der Waals surface area contributed by atoms with Crippen molar-refractivity contribution in [2.75, 3.05) is 58.5 Å². The van der Waals surface area contributed by atoms with Crippen LogP contribution in [0.15, 0.2) is 18.5 Å². The van der Waals surface area contributed by atoms with Crippen molar-refractivity contribution in [3.8, 4) is 0 Å². The molecule has 7 heteroatoms. The van der Waals surface area contributed by atoms with Crippen LogP contribution in [0.25, 0.3) is 0 Å². The molecular weight excluding hydrogens is 320 g/mol. The van der Waals surface area contributed by atoms with Crippen molar-refractivity contribution in [1.29, 1.82) is 0 Å². The highest BCUT2D eigenvalue weighted by atomic mass is 16.5. The van der Waals surface area contributed by atoms with Crippen LogP contribution < -0.4 is 4.90 Å². The van der Waals surface area contributed by atoms with Gasteiger partial charge >= 0.3 is 0 Å². The van der Waals surface area contributed by atoms with Gasteiger partial charge in [0.05, 0.1) is 13.2 Å². The minimum Gasteiger partial charge on any atom is -0.381 e. The summed E-state index contributed by atoms with van der Waals surface area (Å²) in [6.45, 7) is 4.17. The summed E-state index contributed by atoms with van der Waals surface area (Å²) in [5.74, 6) is 1.16. The predicted molar refractivity (Wildman–Crippen MR) is 94.4 cm³/mol. The molecule has 7 nitrogen and oxygen atoms in total. The van der Waals surface area contributed by atoms with Crippen LogP contribution in [0.1, 0.15) is 19.3 Å². The number of carbonyl (C=O) groups is 1. The quantitative estimate of drug-likeness (QED) is 0.797. The Bertz CT molecular complexity index is 559. The molecule has 25 heavy (non-hydrogen) atoms. The van der Waals surface area contributed by atoms with Gasteiger partial charge in [0.25, 0.3) is 0 Å². The van der Waals surface area contributed by atoms with Crippen LogP contribution in [0.3, 0.4) is 0 Å². The molecule has 0 bridgehead atoms. The van der Waals surface area contributed by atoms with E-state index in [1.165, 1.54) is 0 Å². The number of hydrogen-bond donors (Lipinski definition) is 0. The lowest BCUT2D eigenvalue weighted by molar-refractivity contribution is -0.137. The minimum atomic E-state index is 0.00169. The number of piperidine rings is 1. The lowest BCUT2D eigenvalue weighted by atomic mass is 9.66. The van der Waals surface area contributed by atoms with Crippen molar-refractivity contribution in [1.82, 2.24) is 14.9 Å². The molecule has 0 unspecified atom stereocenters. The van der Waals surface area contributed by atoms with Crippen LogP contribution >= 0.6 is 0 Å². The zero-order valence-corrected chi connectivity index (χ0v) is 15.2. The third kappa shape index (κ3) is 4.27. The summed E-state index contributed by atoms with van der Waals surface area (Å²) in [6.07, 6.45) is 6.82. The van der Waals surface area contributed by atoms with E-state index in [1.54, 1.807) is 31.4 Å². The van der Waals surface area contributed by atoms with Gasteiger partial charge in [0.15, 0.2) is 0 Å². The molecule has 0 N–H and O–H groups in total. The first-order valence-electron chi connectivity index (χ1n) is 8.98. The van der Waals surface area contributed by atoms with E-state index >= 15 is 0 Å². The summed E-state index contributed by atoms with van der Waals surface area (Å²) in [7, 11) is 3.50. The first kappa shape index (κ1) is 18.1. The van der Waals surface area contributed by atoms with Gasteiger partial charge in [0.2, 0.25) is 11.9 Å². The van der Waals surface area contributed by atoms with E-state index in [0.717, 1.165) is 51.5 Å². The average Bonchev–Trinajstić information content (AvgIpc) is 2.64. The molecular formula is C18H28N4O3. The highest BCUT2D eigenvalue weighted by molar-refractivity contribution is 5.76. The molecule has 1 aromatic rings. The van der Waals surface area contributed by atoms with Gasteiger partial charge in [0, 0.05) is 52.1 Å². The van der Waals surface area contributed by atoms with Crippen molar-refractivity contribution in [2.45, 2.75) is 19.3 Å². The van der Waals surface area contributed by atoms with Crippen LogP contribution in [0, 0.1) is 11.3 Å². The smallest absolute Gasteiger partial charge is 0.248 e. The number of rotatable bonds is 5. The molecule has 1 spiro atoms. The number of hydrogen-bond acceptors (Lipinski definition) is 6. The number of ether oxygens (including phenoxy) is 2. The predicted octanol–water partition coefficient (Wildman–Crippen LogP) is 1.20. The van der Waals surface area contributed by atoms with Gasteiger partial charge in [0.1, 0.15) is 6.61 Å². The molecule has 2 aliphatic heterocycles. The molecule has 0 aromatic carbocycles. The monoisotopic (exact) mass is 348 g/mol. The van der Waals surface area contributed by atoms with E-state index in [0.29, 0.717) is 12.5 Å². The van der Waals surface area contributed by atoms with Crippen molar-refractivity contribution in [3.63, 3.8) is 0 Å². The third-order valence-corrected chi connectivity index (χ3v) is 5.57. The number of carbonyl (C=O) groups excluding carboxylic acids is 1. The molecule has 1 aromatic heterocycles. The van der Waals surface area contributed by atoms with Crippen molar-refractivity contribution in [2.24, 2.45) is 11.3 Å². The first-order chi connectivity index (χ1) is 12.1. The highest BCUT2D eigenvalue weighted by Crippen LogP contribution is 2.45. The van der Waals surface area contributed by atoms with Crippen LogP contribution in [0.4, 0.5) is 5.95 Å². The van der Waals surface area contributed by atoms with Crippen LogP contribution in [0.5, 0.6) is 0 Å². The maximum absolute atomic E-state index is 11.7. The molecule has 138 valence electrons. The van der Waals surface area contributed by atoms with Gasteiger partial charge in [-0.25, -0.2) is 9.97 Å². The lowest BCUT2D eigenvalue weighted by Crippen LogP contribution is -2.50. The maximum atomic E-state index is 11.7. The second-order valence-electron chi connectivity index (χ2n) is 7.22. The van der Waals surface area contributed by atoms with Gasteiger partial charge in [-0.05, 0) is 30.7 Å². The molecule has 0 saturated carbocycles. The fourth-order valence-corrected chi connectivity index (χ4v) is 3.79. The topological polar surface area (TPSA) is 67.8 Å². The maximum Gasteiger partial charge on any atom is 0.248 e. The van der Waals surface area contributed by atoms with Gasteiger partial charge < -0.3 is 19.3 Å². The minimum absolute atomic E-state index is 0.00169. The molecule has 1 amide bonds. The first-order valence-corrected chi connectivity index (χ1v) is 8.98. The van der Waals surface area contributed by atoms with Gasteiger partial charge in [-0.2, -0.15) is 0 Å². The fraction of sp³-hybridized carbons (Fsp3) is 0.722. The Morgan fingerprint density at radius 2 is 2.04 bits per heavy atom. The summed E-state index contributed by atoms with van der Waals surface area (Å²) in [5, 5.41) is 0. The number of nitrogens with zero attached hydrogens (tertiary/aromatic N) is 4. The molecule has 0 aliphatic carbocycles. The molecule has 2 saturated heterocycles. The van der Waals surface area contributed by atoms with Gasteiger partial charge in [-0.3, -0.25) is 4.79 Å². The largest absolute Gasteiger partial charge is 0.381 e. The van der Waals surface area contributed by atoms with E-state index in [2.05, 4.69) is 14.9 Å². The molecule has 2 fully saturated rings. The standard InChI is InChI=1S/C18H28N4O3/c1-21(2)16(23)14-25-13-15-12-24-11-6-18(15)4-9-22(10-5-18)17-19-7-3-8-20-17/h3,7-8,15H,4-6,9-14H2,1-2H3/t15-/m0/s1. The van der Waals surface area contributed by atoms with Crippen molar-refractivity contribution in [3.05, 3.63) is 18.5 Å². The van der Waals surface area contributed by atoms with Gasteiger partial charge in [-0.15, -0.1) is 0 Å². The lowest BCUT2D eigenvalue weighted by Gasteiger charge is -2.49. The molecule has 0 radical (unpaired) electrons. The fourth-order valence-electron chi connectivity index (χ4n) is 3.79. The van der Waals surface area contributed by atoms with Crippen molar-refractivity contribution < 1.29 is 14.3 Å². The summed E-state index contributed by atoms with van der Waals surface area (Å²) in [4.78, 5) is 24.2. The number of anilines is 1. The highest BCUT2D eigenvalue weighted by Gasteiger charge is 2.43. The van der Waals surface area contributed by atoms with E-state index < -0.39 is 0 Å². The molecule has 2 aliphatic rings. The Morgan fingerprint density at radius 1 is 1.32 bits per heavy atom. The summed E-state index contributed by atoms with van der Waals surface area (Å²) in [5.41, 5.74) is 0.241. The number of amides is 1. The Labute approximate surface area is 149 Å². The SMILES string of the molecule is CN(C)C(=O)COC[C@@H]1COCCC12CCN(c1ncccn1)CC2. The zero-order chi connectivity index (χ0) is 17.7. The molecule has 1 atom stereocenters. The second-order valence-corrected chi connectivity index (χ2v) is 7.22. The summed E-state index contributed by atoms with van der Waals surface area (Å²) >= 11 is 0. The molecule has 3 rings (SSSR count). The van der Waals surface area contributed by atoms with Gasteiger partial charge in [-0.1, -0.05) is 0 Å². The zero-order valence-electron chi connectivity index (χ0n) is 15.2. The second kappa shape index (κ2) is 8.10. The number of likely N-dealkylation sites (N-methyl/N-ethyl adjacent to an activating group) is 1. The average molecular weight is 348 g/mol. The van der Waals surface area contributed by atoms with E-state index in [4.69, 9.17) is 9.47 Å². The van der Waals surface area contributed by atoms with Crippen LogP contribution in [-0.4, -0.2) is 74.4 Å². The Kier molecular flexibility index (Phi) is 5.86.